The maximum atomic E-state index is 5.88. The van der Waals surface area contributed by atoms with Gasteiger partial charge in [0.15, 0.2) is 0 Å². The molecule has 90 valence electrons. The Bertz CT molecular complexity index is 694. The van der Waals surface area contributed by atoms with Gasteiger partial charge < -0.3 is 4.74 Å². The first-order valence-electron chi connectivity index (χ1n) is 5.19. The Hall–Kier alpha value is -2.21. The van der Waals surface area contributed by atoms with Gasteiger partial charge in [0, 0.05) is 11.8 Å². The number of aromatic nitrogens is 5. The molecule has 3 aromatic rings. The van der Waals surface area contributed by atoms with Crippen LogP contribution in [0.3, 0.4) is 0 Å². The van der Waals surface area contributed by atoms with Gasteiger partial charge in [0.2, 0.25) is 5.88 Å². The highest BCUT2D eigenvalue weighted by Gasteiger charge is 2.08. The molecule has 18 heavy (non-hydrogen) atoms. The van der Waals surface area contributed by atoms with Crippen LogP contribution in [0, 0.1) is 6.92 Å². The van der Waals surface area contributed by atoms with Crippen molar-refractivity contribution >= 4 is 17.4 Å². The Morgan fingerprint density at radius 2 is 2.17 bits per heavy atom. The molecule has 6 nitrogen and oxygen atoms in total. The Balaban J connectivity index is 2.03. The fourth-order valence-electron chi connectivity index (χ4n) is 1.47. The van der Waals surface area contributed by atoms with E-state index >= 15 is 0 Å². The Morgan fingerprint density at radius 3 is 2.94 bits per heavy atom. The molecule has 0 bridgehead atoms. The molecule has 0 aliphatic carbocycles. The van der Waals surface area contributed by atoms with Crippen LogP contribution in [0.1, 0.15) is 5.69 Å². The second-order valence-electron chi connectivity index (χ2n) is 3.63. The Kier molecular flexibility index (Phi) is 2.56. The minimum Gasteiger partial charge on any atom is -0.437 e. The van der Waals surface area contributed by atoms with E-state index in [1.165, 1.54) is 10.8 Å². The highest BCUT2D eigenvalue weighted by Crippen LogP contribution is 2.22. The average molecular weight is 262 g/mol. The van der Waals surface area contributed by atoms with Crippen LogP contribution in [-0.4, -0.2) is 24.6 Å². The van der Waals surface area contributed by atoms with Gasteiger partial charge in [-0.2, -0.15) is 19.6 Å². The molecule has 0 saturated carbocycles. The van der Waals surface area contributed by atoms with Crippen molar-refractivity contribution in [1.29, 1.82) is 0 Å². The lowest BCUT2D eigenvalue weighted by Crippen LogP contribution is -1.98. The predicted octanol–water partition coefficient (Wildman–Crippen LogP) is 2.27. The molecule has 0 aliphatic heterocycles. The first kappa shape index (κ1) is 10.9. The van der Waals surface area contributed by atoms with Gasteiger partial charge in [-0.15, -0.1) is 0 Å². The van der Waals surface area contributed by atoms with Gasteiger partial charge in [-0.3, -0.25) is 4.98 Å². The van der Waals surface area contributed by atoms with Gasteiger partial charge >= 0.3 is 0 Å². The van der Waals surface area contributed by atoms with Crippen molar-refractivity contribution in [1.82, 2.24) is 24.6 Å². The van der Waals surface area contributed by atoms with Crippen molar-refractivity contribution in [3.63, 3.8) is 0 Å². The third kappa shape index (κ3) is 1.98. The number of rotatable bonds is 2. The summed E-state index contributed by atoms with van der Waals surface area (Å²) < 4.78 is 7.12. The number of hydrogen-bond acceptors (Lipinski definition) is 5. The summed E-state index contributed by atoms with van der Waals surface area (Å²) in [7, 11) is 0. The van der Waals surface area contributed by atoms with E-state index in [0.717, 1.165) is 5.69 Å². The molecule has 0 radical (unpaired) electrons. The molecular formula is C11H8ClN5O. The Labute approximate surface area is 107 Å². The van der Waals surface area contributed by atoms with Crippen LogP contribution in [0.2, 0.25) is 5.15 Å². The van der Waals surface area contributed by atoms with E-state index in [2.05, 4.69) is 20.1 Å². The van der Waals surface area contributed by atoms with E-state index in [1.807, 2.05) is 19.1 Å². The zero-order valence-corrected chi connectivity index (χ0v) is 10.2. The van der Waals surface area contributed by atoms with Crippen molar-refractivity contribution < 1.29 is 4.74 Å². The molecule has 0 N–H and O–H groups in total. The number of hydrogen-bond donors (Lipinski definition) is 0. The highest BCUT2D eigenvalue weighted by molar-refractivity contribution is 6.29. The predicted molar refractivity (Wildman–Crippen MR) is 64.8 cm³/mol. The van der Waals surface area contributed by atoms with E-state index in [1.54, 1.807) is 12.3 Å². The zero-order chi connectivity index (χ0) is 12.5. The molecule has 0 saturated heterocycles. The monoisotopic (exact) mass is 261 g/mol. The first-order chi connectivity index (χ1) is 8.72. The van der Waals surface area contributed by atoms with Crippen LogP contribution in [-0.2, 0) is 0 Å². The second-order valence-corrected chi connectivity index (χ2v) is 4.01. The molecule has 0 unspecified atom stereocenters. The van der Waals surface area contributed by atoms with Crippen LogP contribution in [0.5, 0.6) is 11.6 Å². The Morgan fingerprint density at radius 1 is 1.28 bits per heavy atom. The van der Waals surface area contributed by atoms with Gasteiger partial charge in [0.1, 0.15) is 17.2 Å². The van der Waals surface area contributed by atoms with Crippen LogP contribution in [0.15, 0.2) is 30.7 Å². The molecule has 0 spiro atoms. The molecule has 0 atom stereocenters. The number of aryl methyl sites for hydroxylation is 1. The zero-order valence-electron chi connectivity index (χ0n) is 9.41. The number of nitrogens with zero attached hydrogens (tertiary/aromatic N) is 5. The van der Waals surface area contributed by atoms with Gasteiger partial charge in [-0.25, -0.2) is 0 Å². The van der Waals surface area contributed by atoms with Crippen molar-refractivity contribution in [3.05, 3.63) is 41.6 Å². The van der Waals surface area contributed by atoms with Crippen LogP contribution >= 0.6 is 11.6 Å². The standard InChI is InChI=1S/C11H8ClN5O/c1-7-2-3-8(5-13-7)18-10-4-9(12)16-11-14-6-15-17(10)11/h2-6H,1H3. The van der Waals surface area contributed by atoms with Gasteiger partial charge in [0.25, 0.3) is 5.78 Å². The third-order valence-electron chi connectivity index (χ3n) is 2.29. The molecule has 7 heteroatoms. The minimum atomic E-state index is 0.297. The third-order valence-corrected chi connectivity index (χ3v) is 2.49. The quantitative estimate of drug-likeness (QED) is 0.662. The number of fused-ring (bicyclic) bond motifs is 1. The van der Waals surface area contributed by atoms with E-state index in [-0.39, 0.29) is 0 Å². The first-order valence-corrected chi connectivity index (χ1v) is 5.57. The van der Waals surface area contributed by atoms with Gasteiger partial charge in [-0.05, 0) is 19.1 Å². The van der Waals surface area contributed by atoms with Crippen LogP contribution < -0.4 is 4.74 Å². The summed E-state index contributed by atoms with van der Waals surface area (Å²) in [5.41, 5.74) is 0.918. The SMILES string of the molecule is Cc1ccc(Oc2cc(Cl)nc3ncnn23)cn1. The van der Waals surface area contributed by atoms with Crippen LogP contribution in [0.4, 0.5) is 0 Å². The summed E-state index contributed by atoms with van der Waals surface area (Å²) in [6, 6.07) is 5.25. The summed E-state index contributed by atoms with van der Waals surface area (Å²) in [6.45, 7) is 1.91. The lowest BCUT2D eigenvalue weighted by molar-refractivity contribution is 0.444. The number of ether oxygens (including phenoxy) is 1. The number of halogens is 1. The minimum absolute atomic E-state index is 0.297. The lowest BCUT2D eigenvalue weighted by atomic mass is 10.4. The maximum Gasteiger partial charge on any atom is 0.256 e. The molecule has 0 fully saturated rings. The molecule has 3 heterocycles. The maximum absolute atomic E-state index is 5.88. The normalized spacial score (nSPS) is 10.8. The fraction of sp³-hybridized carbons (Fsp3) is 0.0909. The molecule has 3 rings (SSSR count). The van der Waals surface area contributed by atoms with Crippen molar-refractivity contribution in [2.24, 2.45) is 0 Å². The van der Waals surface area contributed by atoms with Crippen molar-refractivity contribution in [2.45, 2.75) is 6.92 Å². The largest absolute Gasteiger partial charge is 0.437 e. The van der Waals surface area contributed by atoms with Gasteiger partial charge in [0.05, 0.1) is 6.20 Å². The summed E-state index contributed by atoms with van der Waals surface area (Å²) in [4.78, 5) is 12.1. The summed E-state index contributed by atoms with van der Waals surface area (Å²) in [5.74, 6) is 1.42. The van der Waals surface area contributed by atoms with E-state index in [0.29, 0.717) is 22.6 Å². The topological polar surface area (TPSA) is 65.2 Å². The fourth-order valence-corrected chi connectivity index (χ4v) is 1.63. The summed E-state index contributed by atoms with van der Waals surface area (Å²) in [6.07, 6.45) is 3.02. The second kappa shape index (κ2) is 4.23. The van der Waals surface area contributed by atoms with Crippen LogP contribution in [0.25, 0.3) is 5.78 Å². The molecular weight excluding hydrogens is 254 g/mol. The molecule has 0 aliphatic rings. The van der Waals surface area contributed by atoms with E-state index < -0.39 is 0 Å². The molecule has 0 aromatic carbocycles. The average Bonchev–Trinajstić information content (AvgIpc) is 2.80. The summed E-state index contributed by atoms with van der Waals surface area (Å²) in [5, 5.41) is 4.31. The number of pyridine rings is 1. The van der Waals surface area contributed by atoms with E-state index in [9.17, 15) is 0 Å². The summed E-state index contributed by atoms with van der Waals surface area (Å²) >= 11 is 5.88. The lowest BCUT2D eigenvalue weighted by Gasteiger charge is -2.06. The smallest absolute Gasteiger partial charge is 0.256 e. The highest BCUT2D eigenvalue weighted by atomic mass is 35.5. The van der Waals surface area contributed by atoms with E-state index in [4.69, 9.17) is 16.3 Å². The van der Waals surface area contributed by atoms with Gasteiger partial charge in [-0.1, -0.05) is 11.6 Å². The molecule has 0 amide bonds. The van der Waals surface area contributed by atoms with Crippen molar-refractivity contribution in [3.8, 4) is 11.6 Å². The van der Waals surface area contributed by atoms with Crippen molar-refractivity contribution in [2.75, 3.05) is 0 Å². The molecule has 3 aromatic heterocycles.